The van der Waals surface area contributed by atoms with Gasteiger partial charge in [0.05, 0.1) is 12.1 Å². The summed E-state index contributed by atoms with van der Waals surface area (Å²) in [5, 5.41) is 50.6. The van der Waals surface area contributed by atoms with Crippen molar-refractivity contribution in [2.75, 3.05) is 19.6 Å². The molecule has 0 radical (unpaired) electrons. The second-order valence-electron chi connectivity index (χ2n) is 14.3. The highest BCUT2D eigenvalue weighted by Gasteiger charge is 2.53. The van der Waals surface area contributed by atoms with Gasteiger partial charge in [0.25, 0.3) is 5.91 Å². The monoisotopic (exact) mass is 865 g/mol. The highest BCUT2D eigenvalue weighted by Crippen LogP contribution is 2.38. The molecule has 23 heteroatoms. The number of carboxylic acids is 1. The number of hydroxylamine groups is 6. The van der Waals surface area contributed by atoms with Crippen molar-refractivity contribution in [2.24, 2.45) is 5.73 Å². The molecule has 0 spiro atoms. The largest absolute Gasteiger partial charge is 0.477 e. The average Bonchev–Trinajstić information content (AvgIpc) is 3.20. The lowest BCUT2D eigenvalue weighted by molar-refractivity contribution is -0.163. The Morgan fingerprint density at radius 2 is 1.22 bits per heavy atom. The first kappa shape index (κ1) is 48.7. The van der Waals surface area contributed by atoms with Crippen LogP contribution in [0.1, 0.15) is 83.7 Å². The van der Waals surface area contributed by atoms with Gasteiger partial charge in [-0.2, -0.15) is 0 Å². The third-order valence-corrected chi connectivity index (χ3v) is 10.2. The fraction of sp³-hybridized carbons (Fsp3) is 0.541. The lowest BCUT2D eigenvalue weighted by Gasteiger charge is -2.49. The van der Waals surface area contributed by atoms with Crippen LogP contribution in [-0.2, 0) is 43.2 Å². The molecule has 60 heavy (non-hydrogen) atoms. The van der Waals surface area contributed by atoms with Gasteiger partial charge in [-0.1, -0.05) is 41.9 Å². The van der Waals surface area contributed by atoms with Crippen molar-refractivity contribution in [1.29, 1.82) is 0 Å². The summed E-state index contributed by atoms with van der Waals surface area (Å²) < 4.78 is 0. The van der Waals surface area contributed by atoms with E-state index in [0.29, 0.717) is 15.2 Å². The summed E-state index contributed by atoms with van der Waals surface area (Å²) in [5.41, 5.74) is 5.91. The number of carbonyl (C=O) groups is 9. The first-order chi connectivity index (χ1) is 28.2. The minimum atomic E-state index is -1.48. The number of β-lactam (4-membered cyclic amide) rings is 1. The van der Waals surface area contributed by atoms with E-state index in [1.165, 1.54) is 12.1 Å². The van der Waals surface area contributed by atoms with Crippen molar-refractivity contribution >= 4 is 64.8 Å². The Hall–Kier alpha value is -5.68. The molecule has 0 bridgehead atoms. The molecule has 330 valence electrons. The number of fused-ring (bicyclic) bond motifs is 1. The summed E-state index contributed by atoms with van der Waals surface area (Å²) in [5.74, 6) is -7.67. The molecule has 2 aliphatic heterocycles. The van der Waals surface area contributed by atoms with Gasteiger partial charge in [-0.25, -0.2) is 20.0 Å². The lowest BCUT2D eigenvalue weighted by atomic mass is 9.86. The van der Waals surface area contributed by atoms with E-state index in [4.69, 9.17) is 17.3 Å². The van der Waals surface area contributed by atoms with Crippen LogP contribution in [0.2, 0.25) is 0 Å². The number of rotatable bonds is 22. The Morgan fingerprint density at radius 3 is 1.70 bits per heavy atom. The molecule has 0 unspecified atom stereocenters. The third-order valence-electron chi connectivity index (χ3n) is 9.86. The van der Waals surface area contributed by atoms with E-state index in [0.717, 1.165) is 25.7 Å². The predicted molar refractivity (Wildman–Crippen MR) is 207 cm³/mol. The second-order valence-corrected chi connectivity index (χ2v) is 14.7. The van der Waals surface area contributed by atoms with Crippen LogP contribution in [0.5, 0.6) is 0 Å². The minimum absolute atomic E-state index is 0.0108. The van der Waals surface area contributed by atoms with Gasteiger partial charge in [0.2, 0.25) is 41.4 Å². The second kappa shape index (κ2) is 22.6. The Bertz CT molecular complexity index is 1820. The number of carboxylic acid groups (broad SMARTS) is 1. The SMILES string of the molecule is CC(=O)N(O)CCC[C@@H](N)C(=O)N[C@H](CCCN(O)C(C)=O)C(=O)N[C@H](CCCN(O)C(C)=O)C(=O)N[C@@H](C(=O)N[C@@H]1C(=O)N2C(C(=O)O)=C(Cl)CC[C@H]12)c1ccccc1. The van der Waals surface area contributed by atoms with Gasteiger partial charge in [-0.15, -0.1) is 0 Å². The molecular formula is C37H52ClN9O13. The van der Waals surface area contributed by atoms with E-state index in [1.807, 2.05) is 0 Å². The normalized spacial score (nSPS) is 17.7. The molecule has 1 aromatic carbocycles. The first-order valence-corrected chi connectivity index (χ1v) is 19.5. The molecule has 3 rings (SSSR count). The Morgan fingerprint density at radius 1 is 0.750 bits per heavy atom. The molecule has 0 aliphatic carbocycles. The van der Waals surface area contributed by atoms with Crippen LogP contribution >= 0.6 is 11.6 Å². The first-order valence-electron chi connectivity index (χ1n) is 19.1. The van der Waals surface area contributed by atoms with Crippen molar-refractivity contribution in [2.45, 2.75) is 108 Å². The molecule has 10 N–H and O–H groups in total. The molecule has 1 aromatic rings. The fourth-order valence-electron chi connectivity index (χ4n) is 6.49. The summed E-state index contributed by atoms with van der Waals surface area (Å²) in [4.78, 5) is 116. The molecule has 1 saturated heterocycles. The molecule has 1 fully saturated rings. The fourth-order valence-corrected chi connectivity index (χ4v) is 6.77. The number of nitrogens with two attached hydrogens (primary N) is 1. The minimum Gasteiger partial charge on any atom is -0.477 e. The summed E-state index contributed by atoms with van der Waals surface area (Å²) in [6, 6.07) is 0.408. The maximum atomic E-state index is 14.1. The van der Waals surface area contributed by atoms with Crippen LogP contribution in [0.3, 0.4) is 0 Å². The number of aliphatic carboxylic acids is 1. The molecule has 0 saturated carbocycles. The van der Waals surface area contributed by atoms with Gasteiger partial charge >= 0.3 is 5.97 Å². The van der Waals surface area contributed by atoms with Gasteiger partial charge in [0.15, 0.2) is 0 Å². The molecule has 22 nitrogen and oxygen atoms in total. The van der Waals surface area contributed by atoms with Crippen LogP contribution in [0, 0.1) is 0 Å². The van der Waals surface area contributed by atoms with Crippen LogP contribution < -0.4 is 27.0 Å². The number of allylic oxidation sites excluding steroid dienone is 1. The van der Waals surface area contributed by atoms with Crippen molar-refractivity contribution in [3.8, 4) is 0 Å². The van der Waals surface area contributed by atoms with Crippen LogP contribution in [0.15, 0.2) is 41.1 Å². The van der Waals surface area contributed by atoms with Crippen LogP contribution in [-0.4, -0.2) is 144 Å². The summed E-state index contributed by atoms with van der Waals surface area (Å²) in [6.45, 7) is 2.71. The van der Waals surface area contributed by atoms with E-state index in [-0.39, 0.29) is 87.3 Å². The van der Waals surface area contributed by atoms with Crippen molar-refractivity contribution in [3.05, 3.63) is 46.6 Å². The highest BCUT2D eigenvalue weighted by molar-refractivity contribution is 6.32. The Balaban J connectivity index is 1.86. The molecule has 2 aliphatic rings. The number of halogens is 1. The number of nitrogens with zero attached hydrogens (tertiary/aromatic N) is 4. The van der Waals surface area contributed by atoms with Crippen LogP contribution in [0.4, 0.5) is 0 Å². The van der Waals surface area contributed by atoms with Crippen molar-refractivity contribution in [3.63, 3.8) is 0 Å². The zero-order chi connectivity index (χ0) is 44.8. The Kier molecular flexibility index (Phi) is 18.4. The average molecular weight is 866 g/mol. The quantitative estimate of drug-likeness (QED) is 0.0393. The summed E-state index contributed by atoms with van der Waals surface area (Å²) >= 11 is 6.09. The van der Waals surface area contributed by atoms with E-state index >= 15 is 0 Å². The summed E-state index contributed by atoms with van der Waals surface area (Å²) in [7, 11) is 0. The Labute approximate surface area is 349 Å². The third kappa shape index (κ3) is 13.4. The number of carbonyl (C=O) groups excluding carboxylic acids is 8. The van der Waals surface area contributed by atoms with E-state index in [9.17, 15) is 63.9 Å². The highest BCUT2D eigenvalue weighted by atomic mass is 35.5. The van der Waals surface area contributed by atoms with Gasteiger partial charge in [0.1, 0.15) is 29.9 Å². The van der Waals surface area contributed by atoms with Gasteiger partial charge in [0, 0.05) is 45.4 Å². The number of amides is 8. The lowest BCUT2D eigenvalue weighted by Crippen LogP contribution is -2.72. The zero-order valence-corrected chi connectivity index (χ0v) is 34.1. The van der Waals surface area contributed by atoms with Gasteiger partial charge in [-0.3, -0.25) is 58.9 Å². The van der Waals surface area contributed by atoms with Crippen molar-refractivity contribution < 1.29 is 63.9 Å². The predicted octanol–water partition coefficient (Wildman–Crippen LogP) is -0.781. The molecule has 2 heterocycles. The van der Waals surface area contributed by atoms with Gasteiger partial charge in [-0.05, 0) is 56.9 Å². The van der Waals surface area contributed by atoms with E-state index in [1.54, 1.807) is 18.2 Å². The van der Waals surface area contributed by atoms with Gasteiger partial charge < -0.3 is 32.1 Å². The van der Waals surface area contributed by atoms with E-state index < -0.39 is 89.5 Å². The molecule has 6 atom stereocenters. The standard InChI is InChI=1S/C37H52ClN9O13/c1-20(48)44(58)17-7-12-25(39)32(51)40-26(13-8-18-45(59)21(2)49)33(52)41-27(14-9-19-46(60)22(3)50)34(53)42-29(23-10-5-4-6-11-23)35(54)43-30-28-16-15-24(38)31(37(56)57)47(28)36(30)55/h4-6,10-11,25-30,58-60H,7-9,12-19,39H2,1-3H3,(H,40,51)(H,41,52)(H,42,53)(H,43,54)(H,56,57)/t25-,26-,27-,28-,29-,30+/m1/s1. The number of nitrogens with one attached hydrogen (secondary N) is 4. The molecule has 0 aromatic heterocycles. The number of hydrogen-bond donors (Lipinski definition) is 9. The molecule has 8 amide bonds. The smallest absolute Gasteiger partial charge is 0.353 e. The number of benzene rings is 1. The molecular weight excluding hydrogens is 814 g/mol. The van der Waals surface area contributed by atoms with Crippen LogP contribution in [0.25, 0.3) is 0 Å². The maximum Gasteiger partial charge on any atom is 0.353 e. The number of hydrogen-bond acceptors (Lipinski definition) is 13. The zero-order valence-electron chi connectivity index (χ0n) is 33.3. The maximum absolute atomic E-state index is 14.1. The summed E-state index contributed by atoms with van der Waals surface area (Å²) in [6.07, 6.45) is -0.00279. The van der Waals surface area contributed by atoms with E-state index in [2.05, 4.69) is 21.3 Å². The van der Waals surface area contributed by atoms with Crippen molar-refractivity contribution in [1.82, 2.24) is 41.4 Å². The topological polar surface area (TPSA) is 322 Å².